The molecule has 1 aromatic carbocycles. The van der Waals surface area contributed by atoms with Gasteiger partial charge in [-0.1, -0.05) is 0 Å². The average Bonchev–Trinajstić information content (AvgIpc) is 3.22. The first-order chi connectivity index (χ1) is 11.1. The van der Waals surface area contributed by atoms with E-state index in [2.05, 4.69) is 15.9 Å². The Balaban J connectivity index is 1.91. The van der Waals surface area contributed by atoms with Gasteiger partial charge < -0.3 is 14.4 Å². The molecule has 1 saturated heterocycles. The van der Waals surface area contributed by atoms with Gasteiger partial charge in [0.15, 0.2) is 0 Å². The van der Waals surface area contributed by atoms with Crippen molar-refractivity contribution in [3.63, 3.8) is 0 Å². The predicted octanol–water partition coefficient (Wildman–Crippen LogP) is 4.51. The number of amides is 1. The quantitative estimate of drug-likeness (QED) is 0.764. The molecule has 0 saturated carbocycles. The van der Waals surface area contributed by atoms with Gasteiger partial charge in [0.1, 0.15) is 11.5 Å². The maximum Gasteiger partial charge on any atom is 0.264 e. The molecule has 0 radical (unpaired) electrons. The summed E-state index contributed by atoms with van der Waals surface area (Å²) in [5.74, 6) is 1.60. The summed E-state index contributed by atoms with van der Waals surface area (Å²) in [4.78, 5) is 15.5. The number of benzene rings is 1. The molecule has 1 unspecified atom stereocenters. The van der Waals surface area contributed by atoms with Crippen LogP contribution in [0.4, 0.5) is 0 Å². The Morgan fingerprint density at radius 3 is 2.74 bits per heavy atom. The minimum atomic E-state index is 0.0456. The predicted molar refractivity (Wildman–Crippen MR) is 94.6 cm³/mol. The maximum atomic E-state index is 12.8. The molecule has 122 valence electrons. The van der Waals surface area contributed by atoms with Crippen molar-refractivity contribution in [2.45, 2.75) is 18.9 Å². The summed E-state index contributed by atoms with van der Waals surface area (Å²) in [6, 6.07) is 9.62. The fourth-order valence-electron chi connectivity index (χ4n) is 3.00. The summed E-state index contributed by atoms with van der Waals surface area (Å²) in [5, 5.41) is 0. The zero-order chi connectivity index (χ0) is 16.4. The van der Waals surface area contributed by atoms with E-state index in [-0.39, 0.29) is 11.9 Å². The van der Waals surface area contributed by atoms with Crippen molar-refractivity contribution in [1.82, 2.24) is 4.90 Å². The largest absolute Gasteiger partial charge is 0.497 e. The number of ether oxygens (including phenoxy) is 2. The molecule has 0 N–H and O–H groups in total. The lowest BCUT2D eigenvalue weighted by molar-refractivity contribution is 0.0739. The van der Waals surface area contributed by atoms with E-state index in [9.17, 15) is 4.79 Å². The Kier molecular flexibility index (Phi) is 4.92. The van der Waals surface area contributed by atoms with E-state index >= 15 is 0 Å². The van der Waals surface area contributed by atoms with Gasteiger partial charge in [0.2, 0.25) is 0 Å². The van der Waals surface area contributed by atoms with Crippen molar-refractivity contribution in [3.8, 4) is 11.5 Å². The molecule has 0 spiro atoms. The Morgan fingerprint density at radius 1 is 1.26 bits per heavy atom. The summed E-state index contributed by atoms with van der Waals surface area (Å²) in [5.41, 5.74) is 1.04. The molecule has 0 aliphatic carbocycles. The van der Waals surface area contributed by atoms with Gasteiger partial charge in [0, 0.05) is 18.2 Å². The Labute approximate surface area is 148 Å². The molecule has 2 aromatic rings. The first kappa shape index (κ1) is 16.3. The van der Waals surface area contributed by atoms with Gasteiger partial charge in [-0.25, -0.2) is 0 Å². The molecule has 2 heterocycles. The van der Waals surface area contributed by atoms with Crippen LogP contribution in [0, 0.1) is 0 Å². The van der Waals surface area contributed by atoms with Crippen LogP contribution < -0.4 is 9.47 Å². The standard InChI is InChI=1S/C17H18BrNO3S/c1-21-11-5-6-12(14(10-11)22-2)13-4-3-9-19(13)17(20)15-7-8-16(18)23-15/h5-8,10,13H,3-4,9H2,1-2H3. The highest BCUT2D eigenvalue weighted by Gasteiger charge is 2.33. The fraction of sp³-hybridized carbons (Fsp3) is 0.353. The smallest absolute Gasteiger partial charge is 0.264 e. The number of likely N-dealkylation sites (tertiary alicyclic amines) is 1. The highest BCUT2D eigenvalue weighted by atomic mass is 79.9. The highest BCUT2D eigenvalue weighted by Crippen LogP contribution is 2.40. The minimum absolute atomic E-state index is 0.0456. The number of thiophene rings is 1. The number of hydrogen-bond acceptors (Lipinski definition) is 4. The van der Waals surface area contributed by atoms with Gasteiger partial charge in [-0.2, -0.15) is 0 Å². The second kappa shape index (κ2) is 6.93. The van der Waals surface area contributed by atoms with Crippen LogP contribution in [0.25, 0.3) is 0 Å². The molecule has 1 amide bonds. The first-order valence-corrected chi connectivity index (χ1v) is 9.03. The zero-order valence-corrected chi connectivity index (χ0v) is 15.4. The fourth-order valence-corrected chi connectivity index (χ4v) is 4.34. The van der Waals surface area contributed by atoms with Crippen molar-refractivity contribution in [2.75, 3.05) is 20.8 Å². The molecule has 4 nitrogen and oxygen atoms in total. The number of methoxy groups -OCH3 is 2. The number of carbonyl (C=O) groups is 1. The van der Waals surface area contributed by atoms with Crippen LogP contribution in [-0.4, -0.2) is 31.6 Å². The molecule has 1 atom stereocenters. The van der Waals surface area contributed by atoms with Crippen molar-refractivity contribution in [2.24, 2.45) is 0 Å². The number of nitrogens with zero attached hydrogens (tertiary/aromatic N) is 1. The Bertz CT molecular complexity index is 716. The zero-order valence-electron chi connectivity index (χ0n) is 13.0. The first-order valence-electron chi connectivity index (χ1n) is 7.42. The summed E-state index contributed by atoms with van der Waals surface area (Å²) < 4.78 is 11.7. The van der Waals surface area contributed by atoms with Crippen molar-refractivity contribution < 1.29 is 14.3 Å². The van der Waals surface area contributed by atoms with Crippen LogP contribution in [0.3, 0.4) is 0 Å². The van der Waals surface area contributed by atoms with Gasteiger partial charge in [-0.3, -0.25) is 4.79 Å². The maximum absolute atomic E-state index is 12.8. The summed E-state index contributed by atoms with van der Waals surface area (Å²) >= 11 is 4.89. The molecule has 3 rings (SSSR count). The van der Waals surface area contributed by atoms with E-state index < -0.39 is 0 Å². The highest BCUT2D eigenvalue weighted by molar-refractivity contribution is 9.11. The SMILES string of the molecule is COc1ccc(C2CCCN2C(=O)c2ccc(Br)s2)c(OC)c1. The third kappa shape index (κ3) is 3.23. The third-order valence-corrected chi connectivity index (χ3v) is 5.71. The van der Waals surface area contributed by atoms with Gasteiger partial charge in [0.05, 0.1) is 28.9 Å². The van der Waals surface area contributed by atoms with Crippen LogP contribution in [0.1, 0.15) is 34.1 Å². The lowest BCUT2D eigenvalue weighted by atomic mass is 10.0. The molecule has 23 heavy (non-hydrogen) atoms. The van der Waals surface area contributed by atoms with Crippen LogP contribution in [0.15, 0.2) is 34.1 Å². The van der Waals surface area contributed by atoms with Gasteiger partial charge >= 0.3 is 0 Å². The van der Waals surface area contributed by atoms with E-state index in [1.54, 1.807) is 14.2 Å². The van der Waals surface area contributed by atoms with E-state index in [1.807, 2.05) is 35.2 Å². The summed E-state index contributed by atoms with van der Waals surface area (Å²) in [6.07, 6.45) is 1.94. The van der Waals surface area contributed by atoms with Crippen LogP contribution in [0.2, 0.25) is 0 Å². The van der Waals surface area contributed by atoms with Gasteiger partial charge in [-0.05, 0) is 53.0 Å². The van der Waals surface area contributed by atoms with Gasteiger partial charge in [0.25, 0.3) is 5.91 Å². The lowest BCUT2D eigenvalue weighted by Gasteiger charge is -2.26. The normalized spacial score (nSPS) is 17.3. The minimum Gasteiger partial charge on any atom is -0.497 e. The number of halogens is 1. The lowest BCUT2D eigenvalue weighted by Crippen LogP contribution is -2.30. The van der Waals surface area contributed by atoms with Gasteiger partial charge in [-0.15, -0.1) is 11.3 Å². The molecule has 1 aliphatic heterocycles. The average molecular weight is 396 g/mol. The van der Waals surface area contributed by atoms with Crippen molar-refractivity contribution in [1.29, 1.82) is 0 Å². The number of hydrogen-bond donors (Lipinski definition) is 0. The third-order valence-electron chi connectivity index (χ3n) is 4.10. The Hall–Kier alpha value is -1.53. The number of carbonyl (C=O) groups excluding carboxylic acids is 1. The molecular weight excluding hydrogens is 378 g/mol. The molecule has 6 heteroatoms. The molecule has 0 bridgehead atoms. The van der Waals surface area contributed by atoms with Crippen LogP contribution in [-0.2, 0) is 0 Å². The monoisotopic (exact) mass is 395 g/mol. The second-order valence-electron chi connectivity index (χ2n) is 5.37. The molecule has 1 aliphatic rings. The van der Waals surface area contributed by atoms with Crippen molar-refractivity contribution in [3.05, 3.63) is 44.6 Å². The van der Waals surface area contributed by atoms with E-state index in [0.717, 1.165) is 45.1 Å². The van der Waals surface area contributed by atoms with Crippen LogP contribution in [0.5, 0.6) is 11.5 Å². The van der Waals surface area contributed by atoms with Crippen LogP contribution >= 0.6 is 27.3 Å². The Morgan fingerprint density at radius 2 is 2.09 bits per heavy atom. The summed E-state index contributed by atoms with van der Waals surface area (Å²) in [7, 11) is 3.28. The second-order valence-corrected chi connectivity index (χ2v) is 7.83. The summed E-state index contributed by atoms with van der Waals surface area (Å²) in [6.45, 7) is 0.772. The molecular formula is C17H18BrNO3S. The topological polar surface area (TPSA) is 38.8 Å². The molecule has 1 aromatic heterocycles. The van der Waals surface area contributed by atoms with E-state index in [4.69, 9.17) is 9.47 Å². The van der Waals surface area contributed by atoms with Crippen molar-refractivity contribution >= 4 is 33.2 Å². The van der Waals surface area contributed by atoms with E-state index in [0.29, 0.717) is 0 Å². The number of rotatable bonds is 4. The molecule has 1 fully saturated rings. The van der Waals surface area contributed by atoms with E-state index in [1.165, 1.54) is 11.3 Å².